The fraction of sp³-hybridized carbons (Fsp3) is 0. The molecule has 114 valence electrons. The molecule has 4 heteroatoms. The van der Waals surface area contributed by atoms with E-state index in [1.807, 2.05) is 60.7 Å². The first-order valence-electron chi connectivity index (χ1n) is 7.59. The molecule has 2 aromatic heterocycles. The van der Waals surface area contributed by atoms with Gasteiger partial charge in [-0.1, -0.05) is 48.5 Å². The topological polar surface area (TPSA) is 55.7 Å². The van der Waals surface area contributed by atoms with Gasteiger partial charge in [-0.2, -0.15) is 0 Å². The second-order valence-corrected chi connectivity index (χ2v) is 5.37. The Labute approximate surface area is 138 Å². The van der Waals surface area contributed by atoms with Crippen molar-refractivity contribution in [3.8, 4) is 22.8 Å². The lowest BCUT2D eigenvalue weighted by Crippen LogP contribution is -1.95. The van der Waals surface area contributed by atoms with Gasteiger partial charge in [0.15, 0.2) is 12.1 Å². The van der Waals surface area contributed by atoms with E-state index in [1.54, 1.807) is 12.3 Å². The van der Waals surface area contributed by atoms with Crippen molar-refractivity contribution >= 4 is 17.2 Å². The molecule has 4 rings (SSSR count). The zero-order valence-corrected chi connectivity index (χ0v) is 12.8. The predicted octanol–water partition coefficient (Wildman–Crippen LogP) is 4.17. The van der Waals surface area contributed by atoms with Crippen LogP contribution in [0.4, 0.5) is 0 Å². The number of para-hydroxylation sites is 1. The first-order chi connectivity index (χ1) is 11.8. The minimum atomic E-state index is 0.569. The van der Waals surface area contributed by atoms with E-state index in [9.17, 15) is 4.79 Å². The molecule has 0 aliphatic carbocycles. The standard InChI is InChI=1S/C20H13N3O/c24-13-15-7-1-3-8-16(15)18-10-5-11-19(22-18)20-21-12-14-6-2-4-9-17(14)23-20/h1-13H. The number of aromatic nitrogens is 3. The van der Waals surface area contributed by atoms with Crippen LogP contribution in [0.15, 0.2) is 72.9 Å². The number of nitrogens with zero attached hydrogens (tertiary/aromatic N) is 3. The van der Waals surface area contributed by atoms with Crippen molar-refractivity contribution in [2.75, 3.05) is 0 Å². The van der Waals surface area contributed by atoms with E-state index < -0.39 is 0 Å². The lowest BCUT2D eigenvalue weighted by Gasteiger charge is -2.06. The van der Waals surface area contributed by atoms with Crippen molar-refractivity contribution in [3.63, 3.8) is 0 Å². The summed E-state index contributed by atoms with van der Waals surface area (Å²) >= 11 is 0. The summed E-state index contributed by atoms with van der Waals surface area (Å²) in [6, 6.07) is 20.9. The van der Waals surface area contributed by atoms with Crippen LogP contribution < -0.4 is 0 Å². The van der Waals surface area contributed by atoms with E-state index in [-0.39, 0.29) is 0 Å². The average molecular weight is 311 g/mol. The van der Waals surface area contributed by atoms with Crippen molar-refractivity contribution < 1.29 is 4.79 Å². The smallest absolute Gasteiger partial charge is 0.178 e. The molecule has 0 N–H and O–H groups in total. The van der Waals surface area contributed by atoms with Crippen molar-refractivity contribution in [3.05, 3.63) is 78.5 Å². The maximum atomic E-state index is 11.2. The van der Waals surface area contributed by atoms with Crippen LogP contribution in [-0.4, -0.2) is 21.2 Å². The van der Waals surface area contributed by atoms with E-state index >= 15 is 0 Å². The van der Waals surface area contributed by atoms with Gasteiger partial charge in [-0.3, -0.25) is 4.79 Å². The van der Waals surface area contributed by atoms with Gasteiger partial charge in [-0.05, 0) is 18.2 Å². The predicted molar refractivity (Wildman–Crippen MR) is 93.6 cm³/mol. The fourth-order valence-electron chi connectivity index (χ4n) is 2.64. The summed E-state index contributed by atoms with van der Waals surface area (Å²) in [7, 11) is 0. The molecule has 0 aliphatic heterocycles. The summed E-state index contributed by atoms with van der Waals surface area (Å²) in [6.45, 7) is 0. The molecular formula is C20H13N3O. The molecule has 0 saturated heterocycles. The maximum Gasteiger partial charge on any atom is 0.178 e. The quantitative estimate of drug-likeness (QED) is 0.533. The minimum Gasteiger partial charge on any atom is -0.298 e. The van der Waals surface area contributed by atoms with E-state index in [4.69, 9.17) is 0 Å². The number of aldehydes is 1. The Kier molecular flexibility index (Phi) is 3.56. The maximum absolute atomic E-state index is 11.2. The Balaban J connectivity index is 1.83. The molecule has 0 bridgehead atoms. The van der Waals surface area contributed by atoms with Gasteiger partial charge in [0.2, 0.25) is 0 Å². The summed E-state index contributed by atoms with van der Waals surface area (Å²) < 4.78 is 0. The number of carbonyl (C=O) groups is 1. The van der Waals surface area contributed by atoms with E-state index in [1.165, 1.54) is 0 Å². The highest BCUT2D eigenvalue weighted by molar-refractivity contribution is 5.86. The van der Waals surface area contributed by atoms with Gasteiger partial charge in [0.25, 0.3) is 0 Å². The van der Waals surface area contributed by atoms with Gasteiger partial charge < -0.3 is 0 Å². The van der Waals surface area contributed by atoms with Crippen LogP contribution in [0.2, 0.25) is 0 Å². The third-order valence-electron chi connectivity index (χ3n) is 3.83. The molecule has 0 fully saturated rings. The molecule has 0 amide bonds. The van der Waals surface area contributed by atoms with E-state index in [2.05, 4.69) is 15.0 Å². The number of pyridine rings is 1. The Morgan fingerprint density at radius 2 is 1.54 bits per heavy atom. The van der Waals surface area contributed by atoms with Crippen LogP contribution in [0.1, 0.15) is 10.4 Å². The molecule has 4 nitrogen and oxygen atoms in total. The monoisotopic (exact) mass is 311 g/mol. The van der Waals surface area contributed by atoms with Crippen LogP contribution in [0.5, 0.6) is 0 Å². The van der Waals surface area contributed by atoms with Crippen LogP contribution >= 0.6 is 0 Å². The highest BCUT2D eigenvalue weighted by Gasteiger charge is 2.09. The van der Waals surface area contributed by atoms with Crippen LogP contribution in [0, 0.1) is 0 Å². The molecule has 0 spiro atoms. The zero-order valence-electron chi connectivity index (χ0n) is 12.8. The molecule has 0 unspecified atom stereocenters. The van der Waals surface area contributed by atoms with Crippen LogP contribution in [-0.2, 0) is 0 Å². The Morgan fingerprint density at radius 3 is 2.46 bits per heavy atom. The van der Waals surface area contributed by atoms with Gasteiger partial charge in [0.05, 0.1) is 11.2 Å². The summed E-state index contributed by atoms with van der Waals surface area (Å²) in [4.78, 5) is 24.9. The summed E-state index contributed by atoms with van der Waals surface area (Å²) in [6.07, 6.45) is 2.64. The second kappa shape index (κ2) is 6.01. The highest BCUT2D eigenvalue weighted by Crippen LogP contribution is 2.24. The molecule has 2 heterocycles. The molecule has 2 aromatic carbocycles. The number of hydrogen-bond donors (Lipinski definition) is 0. The third-order valence-corrected chi connectivity index (χ3v) is 3.83. The van der Waals surface area contributed by atoms with Crippen LogP contribution in [0.25, 0.3) is 33.7 Å². The summed E-state index contributed by atoms with van der Waals surface area (Å²) in [5, 5.41) is 0.990. The van der Waals surface area contributed by atoms with Gasteiger partial charge in [0.1, 0.15) is 5.69 Å². The van der Waals surface area contributed by atoms with E-state index in [0.29, 0.717) is 17.1 Å². The Morgan fingerprint density at radius 1 is 0.750 bits per heavy atom. The van der Waals surface area contributed by atoms with Crippen molar-refractivity contribution in [1.82, 2.24) is 15.0 Å². The van der Waals surface area contributed by atoms with Crippen LogP contribution in [0.3, 0.4) is 0 Å². The first-order valence-corrected chi connectivity index (χ1v) is 7.59. The van der Waals surface area contributed by atoms with Gasteiger partial charge in [-0.15, -0.1) is 0 Å². The lowest BCUT2D eigenvalue weighted by atomic mass is 10.0. The first kappa shape index (κ1) is 14.2. The van der Waals surface area contributed by atoms with E-state index in [0.717, 1.165) is 28.4 Å². The average Bonchev–Trinajstić information content (AvgIpc) is 2.67. The number of fused-ring (bicyclic) bond motifs is 1. The largest absolute Gasteiger partial charge is 0.298 e. The number of rotatable bonds is 3. The van der Waals surface area contributed by atoms with Gasteiger partial charge in [0, 0.05) is 22.7 Å². The normalized spacial score (nSPS) is 10.7. The molecule has 0 aliphatic rings. The fourth-order valence-corrected chi connectivity index (χ4v) is 2.64. The number of benzene rings is 2. The van der Waals surface area contributed by atoms with Crippen molar-refractivity contribution in [2.45, 2.75) is 0 Å². The highest BCUT2D eigenvalue weighted by atomic mass is 16.1. The van der Waals surface area contributed by atoms with Gasteiger partial charge in [-0.25, -0.2) is 15.0 Å². The Hall–Kier alpha value is -3.40. The van der Waals surface area contributed by atoms with Gasteiger partial charge >= 0.3 is 0 Å². The lowest BCUT2D eigenvalue weighted by molar-refractivity contribution is 0.112. The molecular weight excluding hydrogens is 298 g/mol. The number of hydrogen-bond acceptors (Lipinski definition) is 4. The van der Waals surface area contributed by atoms with Crippen molar-refractivity contribution in [2.24, 2.45) is 0 Å². The minimum absolute atomic E-state index is 0.569. The third kappa shape index (κ3) is 2.54. The Bertz CT molecular complexity index is 1040. The van der Waals surface area contributed by atoms with Crippen molar-refractivity contribution in [1.29, 1.82) is 0 Å². The number of carbonyl (C=O) groups excluding carboxylic acids is 1. The molecule has 24 heavy (non-hydrogen) atoms. The molecule has 4 aromatic rings. The summed E-state index contributed by atoms with van der Waals surface area (Å²) in [5.74, 6) is 0.569. The summed E-state index contributed by atoms with van der Waals surface area (Å²) in [5.41, 5.74) is 3.70. The molecule has 0 atom stereocenters. The SMILES string of the molecule is O=Cc1ccccc1-c1cccc(-c2ncc3ccccc3n2)n1. The molecule has 0 radical (unpaired) electrons. The molecule has 0 saturated carbocycles. The second-order valence-electron chi connectivity index (χ2n) is 5.37. The zero-order chi connectivity index (χ0) is 16.4.